The van der Waals surface area contributed by atoms with Gasteiger partial charge in [-0.1, -0.05) is 41.9 Å². The van der Waals surface area contributed by atoms with E-state index in [2.05, 4.69) is 40.3 Å². The van der Waals surface area contributed by atoms with E-state index in [0.717, 1.165) is 24.9 Å². The molecule has 2 heterocycles. The molecule has 1 aliphatic heterocycles. The Kier molecular flexibility index (Phi) is 3.60. The van der Waals surface area contributed by atoms with Crippen LogP contribution in [-0.2, 0) is 6.42 Å². The summed E-state index contributed by atoms with van der Waals surface area (Å²) in [6, 6.07) is 12.5. The standard InChI is InChI=1S/C16H15ClN2/c17-16-9-14-10-18-7-6-13(15(14)11-19-16)8-12-4-2-1-3-5-12/h1-5,9-11,13H,6-8H2/t13-/m0/s1. The normalized spacial score (nSPS) is 17.8. The van der Waals surface area contributed by atoms with Crippen LogP contribution >= 0.6 is 11.6 Å². The van der Waals surface area contributed by atoms with E-state index in [1.807, 2.05) is 18.5 Å². The quantitative estimate of drug-likeness (QED) is 0.760. The summed E-state index contributed by atoms with van der Waals surface area (Å²) in [6.45, 7) is 0.865. The first-order valence-corrected chi connectivity index (χ1v) is 6.90. The summed E-state index contributed by atoms with van der Waals surface area (Å²) in [5.74, 6) is 0.463. The number of aromatic nitrogens is 1. The van der Waals surface area contributed by atoms with Gasteiger partial charge in [-0.25, -0.2) is 4.98 Å². The van der Waals surface area contributed by atoms with E-state index >= 15 is 0 Å². The second-order valence-electron chi connectivity index (χ2n) is 4.85. The number of nitrogens with zero attached hydrogens (tertiary/aromatic N) is 2. The Bertz CT molecular complexity index is 593. The number of pyridine rings is 1. The molecule has 0 saturated heterocycles. The molecular formula is C16H15ClN2. The third-order valence-corrected chi connectivity index (χ3v) is 3.74. The van der Waals surface area contributed by atoms with Gasteiger partial charge in [0.1, 0.15) is 5.15 Å². The van der Waals surface area contributed by atoms with E-state index in [1.165, 1.54) is 11.1 Å². The van der Waals surface area contributed by atoms with Crippen LogP contribution < -0.4 is 0 Å². The van der Waals surface area contributed by atoms with Crippen molar-refractivity contribution >= 4 is 17.8 Å². The lowest BCUT2D eigenvalue weighted by molar-refractivity contribution is 0.634. The van der Waals surface area contributed by atoms with Gasteiger partial charge in [0.05, 0.1) is 0 Å². The number of hydrogen-bond donors (Lipinski definition) is 0. The molecule has 96 valence electrons. The SMILES string of the molecule is Clc1cc2c(cn1)[C@H](Cc1ccccc1)CCN=C2. The lowest BCUT2D eigenvalue weighted by Gasteiger charge is -2.16. The van der Waals surface area contributed by atoms with Gasteiger partial charge in [0.2, 0.25) is 0 Å². The second kappa shape index (κ2) is 5.54. The van der Waals surface area contributed by atoms with Crippen molar-refractivity contribution in [3.8, 4) is 0 Å². The Morgan fingerprint density at radius 3 is 2.89 bits per heavy atom. The monoisotopic (exact) mass is 270 g/mol. The zero-order valence-electron chi connectivity index (χ0n) is 10.6. The molecule has 0 saturated carbocycles. The van der Waals surface area contributed by atoms with Crippen molar-refractivity contribution in [1.82, 2.24) is 4.98 Å². The van der Waals surface area contributed by atoms with Crippen LogP contribution in [0.5, 0.6) is 0 Å². The second-order valence-corrected chi connectivity index (χ2v) is 5.23. The van der Waals surface area contributed by atoms with Crippen LogP contribution in [0.15, 0.2) is 47.6 Å². The van der Waals surface area contributed by atoms with Crippen LogP contribution in [0.1, 0.15) is 29.0 Å². The number of fused-ring (bicyclic) bond motifs is 1. The van der Waals surface area contributed by atoms with Crippen molar-refractivity contribution < 1.29 is 0 Å². The molecule has 0 amide bonds. The van der Waals surface area contributed by atoms with E-state index in [9.17, 15) is 0 Å². The Morgan fingerprint density at radius 1 is 1.21 bits per heavy atom. The van der Waals surface area contributed by atoms with Gasteiger partial charge in [-0.2, -0.15) is 0 Å². The topological polar surface area (TPSA) is 25.2 Å². The average Bonchev–Trinajstić information content (AvgIpc) is 2.62. The summed E-state index contributed by atoms with van der Waals surface area (Å²) in [4.78, 5) is 8.66. The van der Waals surface area contributed by atoms with Crippen molar-refractivity contribution in [3.05, 3.63) is 64.4 Å². The molecule has 1 aromatic carbocycles. The predicted molar refractivity (Wildman–Crippen MR) is 79.2 cm³/mol. The number of rotatable bonds is 2. The summed E-state index contributed by atoms with van der Waals surface area (Å²) < 4.78 is 0. The summed E-state index contributed by atoms with van der Waals surface area (Å²) in [7, 11) is 0. The van der Waals surface area contributed by atoms with E-state index in [4.69, 9.17) is 11.6 Å². The van der Waals surface area contributed by atoms with Gasteiger partial charge < -0.3 is 0 Å². The van der Waals surface area contributed by atoms with Gasteiger partial charge in [0.15, 0.2) is 0 Å². The van der Waals surface area contributed by atoms with Gasteiger partial charge in [-0.05, 0) is 36.0 Å². The first-order valence-electron chi connectivity index (χ1n) is 6.52. The highest BCUT2D eigenvalue weighted by atomic mass is 35.5. The van der Waals surface area contributed by atoms with E-state index in [-0.39, 0.29) is 0 Å². The highest BCUT2D eigenvalue weighted by molar-refractivity contribution is 6.29. The number of halogens is 1. The van der Waals surface area contributed by atoms with Crippen molar-refractivity contribution in [2.24, 2.45) is 4.99 Å². The minimum atomic E-state index is 0.463. The molecule has 19 heavy (non-hydrogen) atoms. The minimum absolute atomic E-state index is 0.463. The maximum Gasteiger partial charge on any atom is 0.129 e. The minimum Gasteiger partial charge on any atom is -0.293 e. The summed E-state index contributed by atoms with van der Waals surface area (Å²) in [5, 5.41) is 0.533. The van der Waals surface area contributed by atoms with E-state index < -0.39 is 0 Å². The molecule has 2 nitrogen and oxygen atoms in total. The number of hydrogen-bond acceptors (Lipinski definition) is 2. The Morgan fingerprint density at radius 2 is 2.05 bits per heavy atom. The molecule has 0 unspecified atom stereocenters. The van der Waals surface area contributed by atoms with E-state index in [0.29, 0.717) is 11.1 Å². The maximum atomic E-state index is 5.97. The van der Waals surface area contributed by atoms with Crippen LogP contribution in [0.2, 0.25) is 5.15 Å². The first kappa shape index (κ1) is 12.4. The molecule has 1 aromatic heterocycles. The molecule has 0 bridgehead atoms. The molecule has 1 aliphatic rings. The van der Waals surface area contributed by atoms with Gasteiger partial charge in [0, 0.05) is 24.5 Å². The van der Waals surface area contributed by atoms with Gasteiger partial charge in [-0.3, -0.25) is 4.99 Å². The van der Waals surface area contributed by atoms with Crippen molar-refractivity contribution in [2.45, 2.75) is 18.8 Å². The van der Waals surface area contributed by atoms with Crippen LogP contribution in [0.4, 0.5) is 0 Å². The van der Waals surface area contributed by atoms with Crippen molar-refractivity contribution in [2.75, 3.05) is 6.54 Å². The molecule has 0 radical (unpaired) electrons. The molecule has 0 spiro atoms. The summed E-state index contributed by atoms with van der Waals surface area (Å²) in [6.07, 6.45) is 5.92. The van der Waals surface area contributed by atoms with Crippen LogP contribution in [0.25, 0.3) is 0 Å². The molecule has 0 N–H and O–H groups in total. The maximum absolute atomic E-state index is 5.97. The fourth-order valence-corrected chi connectivity index (χ4v) is 2.73. The van der Waals surface area contributed by atoms with Crippen LogP contribution in [0.3, 0.4) is 0 Å². The highest BCUT2D eigenvalue weighted by Crippen LogP contribution is 2.29. The Labute approximate surface area is 118 Å². The third-order valence-electron chi connectivity index (χ3n) is 3.54. The fraction of sp³-hybridized carbons (Fsp3) is 0.250. The number of benzene rings is 1. The molecule has 3 rings (SSSR count). The van der Waals surface area contributed by atoms with Crippen molar-refractivity contribution in [1.29, 1.82) is 0 Å². The lowest BCUT2D eigenvalue weighted by atomic mass is 9.88. The van der Waals surface area contributed by atoms with Gasteiger partial charge in [0.25, 0.3) is 0 Å². The van der Waals surface area contributed by atoms with Gasteiger partial charge >= 0.3 is 0 Å². The van der Waals surface area contributed by atoms with Crippen LogP contribution in [-0.4, -0.2) is 17.7 Å². The lowest BCUT2D eigenvalue weighted by Crippen LogP contribution is -2.06. The zero-order valence-corrected chi connectivity index (χ0v) is 11.3. The molecule has 0 aliphatic carbocycles. The van der Waals surface area contributed by atoms with E-state index in [1.54, 1.807) is 0 Å². The van der Waals surface area contributed by atoms with Gasteiger partial charge in [-0.15, -0.1) is 0 Å². The average molecular weight is 271 g/mol. The molecule has 2 aromatic rings. The summed E-state index contributed by atoms with van der Waals surface area (Å²) >= 11 is 5.97. The third kappa shape index (κ3) is 2.85. The van der Waals surface area contributed by atoms with Crippen molar-refractivity contribution in [3.63, 3.8) is 0 Å². The Hall–Kier alpha value is -1.67. The highest BCUT2D eigenvalue weighted by Gasteiger charge is 2.18. The smallest absolute Gasteiger partial charge is 0.129 e. The number of aliphatic imine (C=N–C) groups is 1. The molecular weight excluding hydrogens is 256 g/mol. The first-order chi connectivity index (χ1) is 9.33. The molecule has 3 heteroatoms. The summed E-state index contributed by atoms with van der Waals surface area (Å²) in [5.41, 5.74) is 3.73. The molecule has 1 atom stereocenters. The van der Waals surface area contributed by atoms with Crippen LogP contribution in [0, 0.1) is 0 Å². The fourth-order valence-electron chi connectivity index (χ4n) is 2.57. The largest absolute Gasteiger partial charge is 0.293 e. The Balaban J connectivity index is 1.92. The predicted octanol–water partition coefficient (Wildman–Crippen LogP) is 3.88. The zero-order chi connectivity index (χ0) is 13.1. The molecule has 0 fully saturated rings.